The van der Waals surface area contributed by atoms with Crippen LogP contribution in [-0.2, 0) is 4.79 Å². The average molecular weight is 404 g/mol. The number of alkyl halides is 2. The first-order chi connectivity index (χ1) is 8.93. The molecular formula is C12H23F2IN4O. The van der Waals surface area contributed by atoms with Gasteiger partial charge in [-0.1, -0.05) is 13.8 Å². The van der Waals surface area contributed by atoms with Crippen LogP contribution in [0.25, 0.3) is 0 Å². The molecule has 1 aliphatic rings. The molecular weight excluding hydrogens is 381 g/mol. The molecule has 1 saturated heterocycles. The van der Waals surface area contributed by atoms with Crippen molar-refractivity contribution in [2.45, 2.75) is 32.7 Å². The maximum Gasteiger partial charge on any atom is 0.255 e. The molecule has 20 heavy (non-hydrogen) atoms. The summed E-state index contributed by atoms with van der Waals surface area (Å²) in [6.45, 7) is 4.59. The van der Waals surface area contributed by atoms with Gasteiger partial charge in [0.1, 0.15) is 0 Å². The van der Waals surface area contributed by atoms with Crippen LogP contribution in [-0.4, -0.2) is 55.9 Å². The lowest BCUT2D eigenvalue weighted by atomic mass is 10.2. The fourth-order valence-electron chi connectivity index (χ4n) is 2.01. The minimum absolute atomic E-state index is 0. The number of amides is 1. The maximum absolute atomic E-state index is 12.1. The van der Waals surface area contributed by atoms with E-state index in [1.165, 1.54) is 7.05 Å². The monoisotopic (exact) mass is 404 g/mol. The Balaban J connectivity index is 0.00000361. The largest absolute Gasteiger partial charge is 0.352 e. The van der Waals surface area contributed by atoms with Crippen LogP contribution in [0.2, 0.25) is 0 Å². The van der Waals surface area contributed by atoms with Crippen LogP contribution < -0.4 is 10.6 Å². The van der Waals surface area contributed by atoms with Gasteiger partial charge in [-0.2, -0.15) is 0 Å². The van der Waals surface area contributed by atoms with Gasteiger partial charge >= 0.3 is 0 Å². The highest BCUT2D eigenvalue weighted by Crippen LogP contribution is 2.12. The third-order valence-electron chi connectivity index (χ3n) is 2.98. The Hall–Kier alpha value is -0.670. The predicted octanol–water partition coefficient (Wildman–Crippen LogP) is 1.29. The second-order valence-electron chi connectivity index (χ2n) is 4.91. The smallest absolute Gasteiger partial charge is 0.255 e. The number of hydrogen-bond donors (Lipinski definition) is 2. The molecule has 1 aliphatic heterocycles. The fraction of sp³-hybridized carbons (Fsp3) is 0.833. The Labute approximate surface area is 135 Å². The van der Waals surface area contributed by atoms with E-state index in [1.807, 2.05) is 13.8 Å². The summed E-state index contributed by atoms with van der Waals surface area (Å²) in [4.78, 5) is 17.5. The highest BCUT2D eigenvalue weighted by Gasteiger charge is 2.27. The average Bonchev–Trinajstić information content (AvgIpc) is 2.81. The molecule has 0 spiro atoms. The number of hydrogen-bond acceptors (Lipinski definition) is 2. The second kappa shape index (κ2) is 9.30. The molecule has 1 rings (SSSR count). The predicted molar refractivity (Wildman–Crippen MR) is 85.7 cm³/mol. The fourth-order valence-corrected chi connectivity index (χ4v) is 2.01. The Morgan fingerprint density at radius 2 is 2.10 bits per heavy atom. The number of halogens is 3. The van der Waals surface area contributed by atoms with Crippen LogP contribution in [0, 0.1) is 5.92 Å². The van der Waals surface area contributed by atoms with E-state index in [1.54, 1.807) is 4.90 Å². The number of nitrogens with zero attached hydrogens (tertiary/aromatic N) is 2. The molecule has 0 aromatic heterocycles. The summed E-state index contributed by atoms with van der Waals surface area (Å²) >= 11 is 0. The molecule has 0 aromatic carbocycles. The van der Waals surface area contributed by atoms with Gasteiger partial charge in [-0.3, -0.25) is 9.79 Å². The van der Waals surface area contributed by atoms with Crippen LogP contribution >= 0.6 is 24.0 Å². The van der Waals surface area contributed by atoms with E-state index in [0.29, 0.717) is 19.0 Å². The molecule has 0 saturated carbocycles. The molecule has 1 fully saturated rings. The third kappa shape index (κ3) is 6.19. The maximum atomic E-state index is 12.1. The van der Waals surface area contributed by atoms with E-state index in [9.17, 15) is 13.6 Å². The highest BCUT2D eigenvalue weighted by molar-refractivity contribution is 14.0. The Morgan fingerprint density at radius 3 is 2.60 bits per heavy atom. The molecule has 118 valence electrons. The number of guanidine groups is 1. The van der Waals surface area contributed by atoms with E-state index >= 15 is 0 Å². The standard InChI is InChI=1S/C12H22F2N4O.HI/c1-8(2)11(19)18-5-4-9(7-18)17-12(15-3)16-6-10(13)14;/h8-10H,4-7H2,1-3H3,(H2,15,16,17);1H. The molecule has 1 unspecified atom stereocenters. The molecule has 0 bridgehead atoms. The summed E-state index contributed by atoms with van der Waals surface area (Å²) in [5.74, 6) is 0.457. The van der Waals surface area contributed by atoms with Crippen molar-refractivity contribution in [1.82, 2.24) is 15.5 Å². The molecule has 0 aliphatic carbocycles. The molecule has 5 nitrogen and oxygen atoms in total. The van der Waals surface area contributed by atoms with Crippen LogP contribution in [0.15, 0.2) is 4.99 Å². The quantitative estimate of drug-likeness (QED) is 0.422. The summed E-state index contributed by atoms with van der Waals surface area (Å²) < 4.78 is 24.2. The van der Waals surface area contributed by atoms with Gasteiger partial charge in [0.15, 0.2) is 5.96 Å². The Kier molecular flexibility index (Phi) is 8.99. The number of aliphatic imine (C=N–C) groups is 1. The number of rotatable bonds is 4. The summed E-state index contributed by atoms with van der Waals surface area (Å²) in [5, 5.41) is 5.60. The zero-order chi connectivity index (χ0) is 14.4. The van der Waals surface area contributed by atoms with E-state index in [0.717, 1.165) is 6.42 Å². The summed E-state index contributed by atoms with van der Waals surface area (Å²) in [6, 6.07) is 0.0616. The van der Waals surface area contributed by atoms with Gasteiger partial charge < -0.3 is 15.5 Å². The highest BCUT2D eigenvalue weighted by atomic mass is 127. The first-order valence-corrected chi connectivity index (χ1v) is 6.48. The first-order valence-electron chi connectivity index (χ1n) is 6.48. The number of nitrogens with one attached hydrogen (secondary N) is 2. The van der Waals surface area contributed by atoms with Crippen molar-refractivity contribution >= 4 is 35.8 Å². The summed E-state index contributed by atoms with van der Waals surface area (Å²) in [6.07, 6.45) is -1.62. The van der Waals surface area contributed by atoms with Gasteiger partial charge in [0.05, 0.1) is 6.54 Å². The van der Waals surface area contributed by atoms with Gasteiger partial charge in [0, 0.05) is 32.1 Å². The lowest BCUT2D eigenvalue weighted by Crippen LogP contribution is -2.46. The molecule has 0 radical (unpaired) electrons. The lowest BCUT2D eigenvalue weighted by Gasteiger charge is -2.20. The van der Waals surface area contributed by atoms with Crippen molar-refractivity contribution in [1.29, 1.82) is 0 Å². The van der Waals surface area contributed by atoms with Gasteiger partial charge in [0.25, 0.3) is 6.43 Å². The van der Waals surface area contributed by atoms with Crippen LogP contribution in [0.5, 0.6) is 0 Å². The van der Waals surface area contributed by atoms with Gasteiger partial charge in [0.2, 0.25) is 5.91 Å². The Bertz CT molecular complexity index is 339. The molecule has 2 N–H and O–H groups in total. The first kappa shape index (κ1) is 19.3. The normalized spacial score (nSPS) is 19.2. The molecule has 1 amide bonds. The number of likely N-dealkylation sites (tertiary alicyclic amines) is 1. The third-order valence-corrected chi connectivity index (χ3v) is 2.98. The van der Waals surface area contributed by atoms with Crippen molar-refractivity contribution in [3.05, 3.63) is 0 Å². The minimum atomic E-state index is -2.42. The van der Waals surface area contributed by atoms with E-state index < -0.39 is 13.0 Å². The van der Waals surface area contributed by atoms with Crippen molar-refractivity contribution in [3.8, 4) is 0 Å². The van der Waals surface area contributed by atoms with Gasteiger partial charge in [-0.15, -0.1) is 24.0 Å². The van der Waals surface area contributed by atoms with Crippen LogP contribution in [0.3, 0.4) is 0 Å². The van der Waals surface area contributed by atoms with Gasteiger partial charge in [-0.25, -0.2) is 8.78 Å². The van der Waals surface area contributed by atoms with Crippen molar-refractivity contribution < 1.29 is 13.6 Å². The van der Waals surface area contributed by atoms with Crippen LogP contribution in [0.4, 0.5) is 8.78 Å². The topological polar surface area (TPSA) is 56.7 Å². The van der Waals surface area contributed by atoms with Crippen molar-refractivity contribution in [2.75, 3.05) is 26.7 Å². The zero-order valence-electron chi connectivity index (χ0n) is 12.0. The number of carbonyl (C=O) groups is 1. The summed E-state index contributed by atoms with van der Waals surface area (Å²) in [5.41, 5.74) is 0. The Morgan fingerprint density at radius 1 is 1.45 bits per heavy atom. The zero-order valence-corrected chi connectivity index (χ0v) is 14.4. The van der Waals surface area contributed by atoms with E-state index in [4.69, 9.17) is 0 Å². The molecule has 0 aromatic rings. The SMILES string of the molecule is CN=C(NCC(F)F)NC1CCN(C(=O)C(C)C)C1.I. The second-order valence-corrected chi connectivity index (χ2v) is 4.91. The van der Waals surface area contributed by atoms with Crippen molar-refractivity contribution in [2.24, 2.45) is 10.9 Å². The van der Waals surface area contributed by atoms with E-state index in [2.05, 4.69) is 15.6 Å². The molecule has 8 heteroatoms. The van der Waals surface area contributed by atoms with E-state index in [-0.39, 0.29) is 41.8 Å². The lowest BCUT2D eigenvalue weighted by molar-refractivity contribution is -0.133. The van der Waals surface area contributed by atoms with Crippen LogP contribution in [0.1, 0.15) is 20.3 Å². The van der Waals surface area contributed by atoms with Gasteiger partial charge in [-0.05, 0) is 6.42 Å². The minimum Gasteiger partial charge on any atom is -0.352 e. The molecule has 1 atom stereocenters. The van der Waals surface area contributed by atoms with Crippen molar-refractivity contribution in [3.63, 3.8) is 0 Å². The number of carbonyl (C=O) groups excluding carboxylic acids is 1. The summed E-state index contributed by atoms with van der Waals surface area (Å²) in [7, 11) is 1.53. The molecule has 1 heterocycles.